The van der Waals surface area contributed by atoms with Crippen LogP contribution in [0.25, 0.3) is 5.82 Å². The zero-order valence-corrected chi connectivity index (χ0v) is 12.6. The molecule has 0 unspecified atom stereocenters. The molecule has 4 nitrogen and oxygen atoms in total. The Labute approximate surface area is 129 Å². The Bertz CT molecular complexity index is 820. The Hall–Kier alpha value is -2.88. The zero-order valence-electron chi connectivity index (χ0n) is 12.6. The Morgan fingerprint density at radius 1 is 1.09 bits per heavy atom. The van der Waals surface area contributed by atoms with Crippen LogP contribution in [0.3, 0.4) is 0 Å². The molecule has 1 aromatic carbocycles. The number of aromatic nitrogens is 2. The molecule has 3 aromatic rings. The van der Waals surface area contributed by atoms with E-state index in [-0.39, 0.29) is 5.75 Å². The third-order valence-electron chi connectivity index (χ3n) is 3.57. The predicted octanol–water partition coefficient (Wildman–Crippen LogP) is 3.95. The quantitative estimate of drug-likeness (QED) is 0.743. The number of phenols is 1. The second kappa shape index (κ2) is 5.85. The lowest BCUT2D eigenvalue weighted by Gasteiger charge is -2.07. The topological polar surface area (TPSA) is 50.4 Å². The molecule has 3 rings (SSSR count). The fourth-order valence-electron chi connectivity index (χ4n) is 2.47. The molecule has 0 aliphatic rings. The van der Waals surface area contributed by atoms with Crippen molar-refractivity contribution in [3.05, 3.63) is 71.7 Å². The molecule has 0 fully saturated rings. The van der Waals surface area contributed by atoms with Crippen molar-refractivity contribution in [1.82, 2.24) is 9.55 Å². The first-order valence-corrected chi connectivity index (χ1v) is 7.09. The molecule has 110 valence electrons. The van der Waals surface area contributed by atoms with E-state index in [1.807, 2.05) is 38.1 Å². The van der Waals surface area contributed by atoms with Crippen LogP contribution in [0.5, 0.6) is 5.75 Å². The Balaban J connectivity index is 1.99. The van der Waals surface area contributed by atoms with E-state index in [2.05, 4.69) is 20.6 Å². The van der Waals surface area contributed by atoms with Crippen LogP contribution >= 0.6 is 0 Å². The summed E-state index contributed by atoms with van der Waals surface area (Å²) in [6.45, 7) is 4.08. The maximum Gasteiger partial charge on any atom is 0.141 e. The normalized spacial score (nSPS) is 11.2. The maximum atomic E-state index is 9.77. The molecule has 0 aliphatic carbocycles. The molecule has 0 saturated heterocycles. The molecule has 0 radical (unpaired) electrons. The highest BCUT2D eigenvalue weighted by Crippen LogP contribution is 2.25. The molecular weight excluding hydrogens is 274 g/mol. The van der Waals surface area contributed by atoms with E-state index in [0.29, 0.717) is 5.69 Å². The first kappa shape index (κ1) is 14.1. The second-order valence-electron chi connectivity index (χ2n) is 5.10. The molecule has 1 N–H and O–H groups in total. The van der Waals surface area contributed by atoms with Crippen LogP contribution in [0.4, 0.5) is 5.69 Å². The van der Waals surface area contributed by atoms with Crippen molar-refractivity contribution in [3.8, 4) is 11.6 Å². The molecule has 0 bridgehead atoms. The number of aliphatic imine (C=N–C) groups is 1. The zero-order chi connectivity index (χ0) is 15.5. The van der Waals surface area contributed by atoms with Crippen molar-refractivity contribution < 1.29 is 5.11 Å². The van der Waals surface area contributed by atoms with E-state index < -0.39 is 0 Å². The van der Waals surface area contributed by atoms with Crippen LogP contribution in [0.15, 0.2) is 59.7 Å². The lowest BCUT2D eigenvalue weighted by atomic mass is 10.2. The number of aromatic hydroxyl groups is 1. The van der Waals surface area contributed by atoms with Gasteiger partial charge in [-0.2, -0.15) is 0 Å². The van der Waals surface area contributed by atoms with Gasteiger partial charge in [-0.1, -0.05) is 18.2 Å². The van der Waals surface area contributed by atoms with E-state index in [1.165, 1.54) is 0 Å². The number of aryl methyl sites for hydroxylation is 1. The summed E-state index contributed by atoms with van der Waals surface area (Å²) in [5.41, 5.74) is 3.72. The van der Waals surface area contributed by atoms with Crippen molar-refractivity contribution in [1.29, 1.82) is 0 Å². The van der Waals surface area contributed by atoms with Gasteiger partial charge < -0.3 is 9.67 Å². The van der Waals surface area contributed by atoms with Gasteiger partial charge in [0.25, 0.3) is 0 Å². The third-order valence-corrected chi connectivity index (χ3v) is 3.57. The van der Waals surface area contributed by atoms with E-state index in [9.17, 15) is 5.11 Å². The molecule has 0 atom stereocenters. The smallest absolute Gasteiger partial charge is 0.141 e. The van der Waals surface area contributed by atoms with Crippen molar-refractivity contribution in [2.24, 2.45) is 4.99 Å². The highest BCUT2D eigenvalue weighted by Gasteiger charge is 2.09. The molecule has 2 heterocycles. The number of para-hydroxylation sites is 2. The number of hydrogen-bond acceptors (Lipinski definition) is 3. The SMILES string of the molecule is Cc1cc(C=Nc2ccccc2O)c(C)n1-c1ccccn1. The molecule has 0 amide bonds. The summed E-state index contributed by atoms with van der Waals surface area (Å²) in [6, 6.07) is 14.9. The largest absolute Gasteiger partial charge is 0.506 e. The molecule has 0 saturated carbocycles. The van der Waals surface area contributed by atoms with Gasteiger partial charge >= 0.3 is 0 Å². The average Bonchev–Trinajstić information content (AvgIpc) is 2.81. The van der Waals surface area contributed by atoms with Crippen LogP contribution in [0.2, 0.25) is 0 Å². The van der Waals surface area contributed by atoms with Crippen molar-refractivity contribution >= 4 is 11.9 Å². The minimum Gasteiger partial charge on any atom is -0.506 e. The fourth-order valence-corrected chi connectivity index (χ4v) is 2.47. The number of nitrogens with zero attached hydrogens (tertiary/aromatic N) is 3. The number of phenolic OH excluding ortho intramolecular Hbond substituents is 1. The Kier molecular flexibility index (Phi) is 3.74. The third kappa shape index (κ3) is 2.63. The van der Waals surface area contributed by atoms with Gasteiger partial charge in [0, 0.05) is 29.4 Å². The van der Waals surface area contributed by atoms with Crippen LogP contribution < -0.4 is 0 Å². The minimum absolute atomic E-state index is 0.178. The van der Waals surface area contributed by atoms with E-state index in [1.54, 1.807) is 30.6 Å². The first-order chi connectivity index (χ1) is 10.7. The van der Waals surface area contributed by atoms with Crippen LogP contribution in [-0.4, -0.2) is 20.9 Å². The van der Waals surface area contributed by atoms with Gasteiger partial charge in [0.05, 0.1) is 0 Å². The highest BCUT2D eigenvalue weighted by molar-refractivity contribution is 5.84. The number of rotatable bonds is 3. The van der Waals surface area contributed by atoms with Gasteiger partial charge in [0.15, 0.2) is 0 Å². The average molecular weight is 291 g/mol. The van der Waals surface area contributed by atoms with Gasteiger partial charge in [-0.15, -0.1) is 0 Å². The van der Waals surface area contributed by atoms with Crippen LogP contribution in [-0.2, 0) is 0 Å². The van der Waals surface area contributed by atoms with Gasteiger partial charge in [0.2, 0.25) is 0 Å². The summed E-state index contributed by atoms with van der Waals surface area (Å²) in [7, 11) is 0. The lowest BCUT2D eigenvalue weighted by Crippen LogP contribution is -2.01. The summed E-state index contributed by atoms with van der Waals surface area (Å²) in [5, 5.41) is 9.77. The number of pyridine rings is 1. The summed E-state index contributed by atoms with van der Waals surface area (Å²) < 4.78 is 2.09. The van der Waals surface area contributed by atoms with E-state index in [4.69, 9.17) is 0 Å². The summed E-state index contributed by atoms with van der Waals surface area (Å²) in [5.74, 6) is 1.07. The van der Waals surface area contributed by atoms with Gasteiger partial charge in [-0.3, -0.25) is 4.99 Å². The fraction of sp³-hybridized carbons (Fsp3) is 0.111. The van der Waals surface area contributed by atoms with Gasteiger partial charge in [-0.05, 0) is 44.2 Å². The molecule has 2 aromatic heterocycles. The molecule has 0 aliphatic heterocycles. The van der Waals surface area contributed by atoms with Gasteiger partial charge in [-0.25, -0.2) is 4.98 Å². The molecule has 4 heteroatoms. The van der Waals surface area contributed by atoms with Crippen LogP contribution in [0, 0.1) is 13.8 Å². The highest BCUT2D eigenvalue weighted by atomic mass is 16.3. The first-order valence-electron chi connectivity index (χ1n) is 7.09. The number of benzene rings is 1. The summed E-state index contributed by atoms with van der Waals surface area (Å²) in [6.07, 6.45) is 3.56. The van der Waals surface area contributed by atoms with Crippen molar-refractivity contribution in [3.63, 3.8) is 0 Å². The monoisotopic (exact) mass is 291 g/mol. The predicted molar refractivity (Wildman–Crippen MR) is 88.4 cm³/mol. The Morgan fingerprint density at radius 2 is 1.86 bits per heavy atom. The minimum atomic E-state index is 0.178. The van der Waals surface area contributed by atoms with E-state index in [0.717, 1.165) is 22.8 Å². The molecule has 0 spiro atoms. The second-order valence-corrected chi connectivity index (χ2v) is 5.10. The van der Waals surface area contributed by atoms with Gasteiger partial charge in [0.1, 0.15) is 17.3 Å². The lowest BCUT2D eigenvalue weighted by molar-refractivity contribution is 0.477. The number of hydrogen-bond donors (Lipinski definition) is 1. The standard InChI is InChI=1S/C18H17N3O/c1-13-11-15(12-20-16-7-3-4-8-17(16)22)14(2)21(13)18-9-5-6-10-19-18/h3-12,22H,1-2H3. The van der Waals surface area contributed by atoms with Crippen molar-refractivity contribution in [2.75, 3.05) is 0 Å². The Morgan fingerprint density at radius 3 is 2.59 bits per heavy atom. The van der Waals surface area contributed by atoms with Crippen molar-refractivity contribution in [2.45, 2.75) is 13.8 Å². The van der Waals surface area contributed by atoms with Crippen LogP contribution in [0.1, 0.15) is 17.0 Å². The summed E-state index contributed by atoms with van der Waals surface area (Å²) in [4.78, 5) is 8.77. The van der Waals surface area contributed by atoms with E-state index >= 15 is 0 Å². The molecule has 22 heavy (non-hydrogen) atoms. The summed E-state index contributed by atoms with van der Waals surface area (Å²) >= 11 is 0. The maximum absolute atomic E-state index is 9.77. The molecular formula is C18H17N3O.